The summed E-state index contributed by atoms with van der Waals surface area (Å²) in [6, 6.07) is 15.6. The number of carbonyl (C=O) groups is 2. The maximum atomic E-state index is 13.4. The van der Waals surface area contributed by atoms with Crippen molar-refractivity contribution >= 4 is 17.4 Å². The third kappa shape index (κ3) is 4.68. The number of amides is 1. The number of rotatable bonds is 7. The first-order valence-electron chi connectivity index (χ1n) is 10.9. The van der Waals surface area contributed by atoms with Gasteiger partial charge in [-0.1, -0.05) is 18.2 Å². The SMILES string of the molecule is COc1ccc(CCN2C(=O)C(=O)C(=C(O)c3ccc(F)cc3)[C@H]2c2cccc(O)c2)cc1OC. The lowest BCUT2D eigenvalue weighted by atomic mass is 9.95. The summed E-state index contributed by atoms with van der Waals surface area (Å²) < 4.78 is 24.0. The van der Waals surface area contributed by atoms with Crippen LogP contribution in [0.3, 0.4) is 0 Å². The Kier molecular flexibility index (Phi) is 6.73. The monoisotopic (exact) mass is 477 g/mol. The number of phenols is 1. The Hall–Kier alpha value is -4.33. The molecule has 1 amide bonds. The van der Waals surface area contributed by atoms with Crippen LogP contribution in [0.2, 0.25) is 0 Å². The van der Waals surface area contributed by atoms with Gasteiger partial charge in [0.2, 0.25) is 0 Å². The summed E-state index contributed by atoms with van der Waals surface area (Å²) in [4.78, 5) is 27.5. The number of carbonyl (C=O) groups excluding carboxylic acids is 2. The minimum absolute atomic E-state index is 0.0465. The molecule has 3 aromatic carbocycles. The van der Waals surface area contributed by atoms with E-state index in [1.165, 1.54) is 43.4 Å². The summed E-state index contributed by atoms with van der Waals surface area (Å²) in [5.74, 6) is -1.49. The highest BCUT2D eigenvalue weighted by molar-refractivity contribution is 6.46. The van der Waals surface area contributed by atoms with Crippen molar-refractivity contribution in [3.63, 3.8) is 0 Å². The number of phenolic OH excluding ortho intramolecular Hbond substituents is 1. The molecule has 0 saturated carbocycles. The first kappa shape index (κ1) is 23.8. The number of aliphatic hydroxyl groups excluding tert-OH is 1. The highest BCUT2D eigenvalue weighted by Crippen LogP contribution is 2.40. The molecule has 4 rings (SSSR count). The van der Waals surface area contributed by atoms with Gasteiger partial charge in [-0.3, -0.25) is 9.59 Å². The molecule has 0 aromatic heterocycles. The van der Waals surface area contributed by atoms with E-state index in [1.807, 2.05) is 6.07 Å². The fraction of sp³-hybridized carbons (Fsp3) is 0.185. The molecule has 3 aromatic rings. The number of halogens is 1. The number of aromatic hydroxyl groups is 1. The number of Topliss-reactive ketones (excluding diaryl/α,β-unsaturated/α-hetero) is 1. The third-order valence-corrected chi connectivity index (χ3v) is 5.93. The molecule has 180 valence electrons. The van der Waals surface area contributed by atoms with Gasteiger partial charge in [0.1, 0.15) is 17.3 Å². The molecule has 2 N–H and O–H groups in total. The van der Waals surface area contributed by atoms with Crippen LogP contribution < -0.4 is 9.47 Å². The molecular weight excluding hydrogens is 453 g/mol. The van der Waals surface area contributed by atoms with Gasteiger partial charge in [-0.25, -0.2) is 4.39 Å². The number of hydrogen-bond donors (Lipinski definition) is 2. The second-order valence-corrected chi connectivity index (χ2v) is 8.03. The van der Waals surface area contributed by atoms with Crippen LogP contribution in [-0.2, 0) is 16.0 Å². The maximum Gasteiger partial charge on any atom is 0.295 e. The average Bonchev–Trinajstić information content (AvgIpc) is 3.12. The topological polar surface area (TPSA) is 96.3 Å². The van der Waals surface area contributed by atoms with E-state index >= 15 is 0 Å². The Morgan fingerprint density at radius 2 is 1.69 bits per heavy atom. The largest absolute Gasteiger partial charge is 0.508 e. The van der Waals surface area contributed by atoms with Gasteiger partial charge in [-0.05, 0) is 66.1 Å². The molecule has 0 unspecified atom stereocenters. The molecule has 1 fully saturated rings. The van der Waals surface area contributed by atoms with Crippen molar-refractivity contribution in [1.29, 1.82) is 0 Å². The van der Waals surface area contributed by atoms with Crippen LogP contribution >= 0.6 is 0 Å². The van der Waals surface area contributed by atoms with Gasteiger partial charge in [0.05, 0.1) is 25.8 Å². The standard InChI is InChI=1S/C27H24FNO6/c1-34-21-11-6-16(14-22(21)35-2)12-13-29-24(18-4-3-5-20(30)15-18)23(26(32)27(29)33)25(31)17-7-9-19(28)10-8-17/h3-11,14-15,24,30-31H,12-13H2,1-2H3/t24-/m1/s1. The first-order valence-corrected chi connectivity index (χ1v) is 10.9. The highest BCUT2D eigenvalue weighted by atomic mass is 19.1. The van der Waals surface area contributed by atoms with Crippen LogP contribution in [0.25, 0.3) is 5.76 Å². The predicted molar refractivity (Wildman–Crippen MR) is 127 cm³/mol. The van der Waals surface area contributed by atoms with Crippen molar-refractivity contribution in [3.05, 3.63) is 94.8 Å². The van der Waals surface area contributed by atoms with Crippen molar-refractivity contribution in [2.75, 3.05) is 20.8 Å². The van der Waals surface area contributed by atoms with Gasteiger partial charge in [0.25, 0.3) is 11.7 Å². The Bertz CT molecular complexity index is 1300. The van der Waals surface area contributed by atoms with E-state index in [0.29, 0.717) is 23.5 Å². The summed E-state index contributed by atoms with van der Waals surface area (Å²) in [5, 5.41) is 21.0. The molecule has 1 atom stereocenters. The Balaban J connectivity index is 1.74. The van der Waals surface area contributed by atoms with Crippen LogP contribution in [0.4, 0.5) is 4.39 Å². The normalized spacial score (nSPS) is 17.0. The number of likely N-dealkylation sites (tertiary alicyclic amines) is 1. The van der Waals surface area contributed by atoms with Gasteiger partial charge in [-0.2, -0.15) is 0 Å². The minimum Gasteiger partial charge on any atom is -0.508 e. The van der Waals surface area contributed by atoms with Crippen molar-refractivity contribution in [1.82, 2.24) is 4.90 Å². The van der Waals surface area contributed by atoms with Crippen LogP contribution in [0.15, 0.2) is 72.3 Å². The Morgan fingerprint density at radius 1 is 0.971 bits per heavy atom. The molecule has 7 nitrogen and oxygen atoms in total. The van der Waals surface area contributed by atoms with E-state index in [0.717, 1.165) is 17.7 Å². The van der Waals surface area contributed by atoms with E-state index in [4.69, 9.17) is 9.47 Å². The van der Waals surface area contributed by atoms with Crippen LogP contribution in [0.5, 0.6) is 17.2 Å². The van der Waals surface area contributed by atoms with E-state index in [2.05, 4.69) is 0 Å². The van der Waals surface area contributed by atoms with Crippen LogP contribution in [0, 0.1) is 5.82 Å². The average molecular weight is 477 g/mol. The molecule has 0 aliphatic carbocycles. The summed E-state index contributed by atoms with van der Waals surface area (Å²) >= 11 is 0. The molecular formula is C27H24FNO6. The summed E-state index contributed by atoms with van der Waals surface area (Å²) in [6.45, 7) is 0.153. The van der Waals surface area contributed by atoms with E-state index in [1.54, 1.807) is 24.3 Å². The molecule has 0 spiro atoms. The lowest BCUT2D eigenvalue weighted by Crippen LogP contribution is -2.31. The van der Waals surface area contributed by atoms with Crippen molar-refractivity contribution in [2.24, 2.45) is 0 Å². The third-order valence-electron chi connectivity index (χ3n) is 5.93. The number of aliphatic hydroxyl groups is 1. The zero-order valence-corrected chi connectivity index (χ0v) is 19.2. The minimum atomic E-state index is -0.938. The first-order chi connectivity index (χ1) is 16.8. The number of hydrogen-bond acceptors (Lipinski definition) is 6. The summed E-state index contributed by atoms with van der Waals surface area (Å²) in [5.41, 5.74) is 1.38. The van der Waals surface area contributed by atoms with Crippen LogP contribution in [-0.4, -0.2) is 47.6 Å². The number of nitrogens with zero attached hydrogens (tertiary/aromatic N) is 1. The zero-order chi connectivity index (χ0) is 25.1. The predicted octanol–water partition coefficient (Wildman–Crippen LogP) is 4.21. The number of methoxy groups -OCH3 is 2. The molecule has 0 bridgehead atoms. The molecule has 1 heterocycles. The lowest BCUT2D eigenvalue weighted by Gasteiger charge is -2.25. The Morgan fingerprint density at radius 3 is 2.34 bits per heavy atom. The zero-order valence-electron chi connectivity index (χ0n) is 19.2. The van der Waals surface area contributed by atoms with Crippen LogP contribution in [0.1, 0.15) is 22.7 Å². The highest BCUT2D eigenvalue weighted by Gasteiger charge is 2.45. The second-order valence-electron chi connectivity index (χ2n) is 8.03. The Labute approximate surface area is 201 Å². The number of benzene rings is 3. The van der Waals surface area contributed by atoms with Gasteiger partial charge in [0, 0.05) is 12.1 Å². The summed E-state index contributed by atoms with van der Waals surface area (Å²) in [6.07, 6.45) is 0.388. The molecule has 8 heteroatoms. The van der Waals surface area contributed by atoms with Gasteiger partial charge in [-0.15, -0.1) is 0 Å². The molecule has 1 aliphatic rings. The van der Waals surface area contributed by atoms with E-state index in [9.17, 15) is 24.2 Å². The van der Waals surface area contributed by atoms with Gasteiger partial charge >= 0.3 is 0 Å². The summed E-state index contributed by atoms with van der Waals surface area (Å²) in [7, 11) is 3.06. The molecule has 35 heavy (non-hydrogen) atoms. The fourth-order valence-corrected chi connectivity index (χ4v) is 4.20. The second kappa shape index (κ2) is 9.89. The van der Waals surface area contributed by atoms with Gasteiger partial charge in [0.15, 0.2) is 11.5 Å². The lowest BCUT2D eigenvalue weighted by molar-refractivity contribution is -0.139. The van der Waals surface area contributed by atoms with E-state index in [-0.39, 0.29) is 23.4 Å². The molecule has 1 aliphatic heterocycles. The number of ether oxygens (including phenoxy) is 2. The van der Waals surface area contributed by atoms with Crippen molar-refractivity contribution < 1.29 is 33.7 Å². The maximum absolute atomic E-state index is 13.4. The number of ketones is 1. The van der Waals surface area contributed by atoms with E-state index < -0.39 is 29.3 Å². The van der Waals surface area contributed by atoms with Crippen molar-refractivity contribution in [3.8, 4) is 17.2 Å². The smallest absolute Gasteiger partial charge is 0.295 e. The quantitative estimate of drug-likeness (QED) is 0.301. The fourth-order valence-electron chi connectivity index (χ4n) is 4.20. The van der Waals surface area contributed by atoms with Gasteiger partial charge < -0.3 is 24.6 Å². The molecule has 0 radical (unpaired) electrons. The molecule has 1 saturated heterocycles. The van der Waals surface area contributed by atoms with Crippen molar-refractivity contribution in [2.45, 2.75) is 12.5 Å².